The highest BCUT2D eigenvalue weighted by Gasteiger charge is 2.12. The molecule has 1 heterocycles. The van der Waals surface area contributed by atoms with Crippen LogP contribution in [-0.4, -0.2) is 18.6 Å². The minimum atomic E-state index is -1.10. The Balaban J connectivity index is 1.35. The van der Waals surface area contributed by atoms with Crippen molar-refractivity contribution in [1.82, 2.24) is 10.3 Å². The summed E-state index contributed by atoms with van der Waals surface area (Å²) >= 11 is 0. The second-order valence-electron chi connectivity index (χ2n) is 7.17. The lowest BCUT2D eigenvalue weighted by Gasteiger charge is -2.11. The fourth-order valence-corrected chi connectivity index (χ4v) is 3.62. The van der Waals surface area contributed by atoms with Crippen molar-refractivity contribution in [3.63, 3.8) is 0 Å². The minimum Gasteiger partial charge on any atom is -0.497 e. The molecule has 2 N–H and O–H groups in total. The molecule has 0 aliphatic carbocycles. The number of methoxy groups -OCH3 is 1. The summed E-state index contributed by atoms with van der Waals surface area (Å²) in [7, 11) is 1.68. The number of alkyl halides is 1. The first-order valence-corrected chi connectivity index (χ1v) is 9.87. The van der Waals surface area contributed by atoms with Gasteiger partial charge in [-0.3, -0.25) is 0 Å². The maximum absolute atomic E-state index is 14.8. The van der Waals surface area contributed by atoms with Crippen LogP contribution in [0.25, 0.3) is 10.9 Å². The van der Waals surface area contributed by atoms with Crippen molar-refractivity contribution < 1.29 is 9.13 Å². The third-order valence-corrected chi connectivity index (χ3v) is 5.21. The molecule has 1 atom stereocenters. The lowest BCUT2D eigenvalue weighted by atomic mass is 10.0. The molecule has 3 aromatic carbocycles. The summed E-state index contributed by atoms with van der Waals surface area (Å²) in [6, 6.07) is 23.1. The first-order chi connectivity index (χ1) is 14.2. The van der Waals surface area contributed by atoms with Gasteiger partial charge in [0, 0.05) is 23.6 Å². The molecule has 4 rings (SSSR count). The molecule has 0 fully saturated rings. The fraction of sp³-hybridized carbons (Fsp3) is 0.200. The van der Waals surface area contributed by atoms with E-state index < -0.39 is 6.17 Å². The van der Waals surface area contributed by atoms with E-state index in [0.29, 0.717) is 17.7 Å². The van der Waals surface area contributed by atoms with E-state index in [0.717, 1.165) is 29.8 Å². The Bertz CT molecular complexity index is 1070. The first kappa shape index (κ1) is 19.2. The second kappa shape index (κ2) is 8.93. The van der Waals surface area contributed by atoms with Crippen LogP contribution in [0.2, 0.25) is 0 Å². The van der Waals surface area contributed by atoms with Gasteiger partial charge in [-0.15, -0.1) is 0 Å². The van der Waals surface area contributed by atoms with Crippen LogP contribution < -0.4 is 10.1 Å². The molecule has 1 aromatic heterocycles. The summed E-state index contributed by atoms with van der Waals surface area (Å²) in [4.78, 5) is 3.31. The van der Waals surface area contributed by atoms with Crippen LogP contribution in [0.4, 0.5) is 4.39 Å². The number of ether oxygens (including phenoxy) is 1. The van der Waals surface area contributed by atoms with E-state index in [2.05, 4.69) is 22.6 Å². The molecule has 4 heteroatoms. The van der Waals surface area contributed by atoms with E-state index in [1.807, 2.05) is 66.7 Å². The number of benzene rings is 3. The Kier molecular flexibility index (Phi) is 5.92. The molecule has 1 unspecified atom stereocenters. The molecule has 0 radical (unpaired) electrons. The summed E-state index contributed by atoms with van der Waals surface area (Å²) < 4.78 is 20.1. The highest BCUT2D eigenvalue weighted by atomic mass is 19.1. The zero-order chi connectivity index (χ0) is 20.1. The molecule has 0 spiro atoms. The van der Waals surface area contributed by atoms with Crippen molar-refractivity contribution >= 4 is 10.9 Å². The van der Waals surface area contributed by atoms with Crippen LogP contribution in [0, 0.1) is 0 Å². The molecular weight excluding hydrogens is 363 g/mol. The maximum Gasteiger partial charge on any atom is 0.150 e. The molecule has 0 aliphatic heterocycles. The van der Waals surface area contributed by atoms with E-state index in [9.17, 15) is 4.39 Å². The number of fused-ring (bicyclic) bond motifs is 1. The normalized spacial score (nSPS) is 12.2. The smallest absolute Gasteiger partial charge is 0.150 e. The van der Waals surface area contributed by atoms with Crippen LogP contribution in [0.5, 0.6) is 5.75 Å². The number of halogens is 1. The van der Waals surface area contributed by atoms with Gasteiger partial charge in [0.15, 0.2) is 6.17 Å². The van der Waals surface area contributed by atoms with E-state index in [1.54, 1.807) is 7.11 Å². The van der Waals surface area contributed by atoms with Gasteiger partial charge in [0.1, 0.15) is 5.75 Å². The number of hydrogen-bond donors (Lipinski definition) is 2. The molecule has 4 aromatic rings. The molecule has 0 saturated carbocycles. The van der Waals surface area contributed by atoms with Gasteiger partial charge in [0.2, 0.25) is 0 Å². The largest absolute Gasteiger partial charge is 0.497 e. The van der Waals surface area contributed by atoms with Gasteiger partial charge in [0.25, 0.3) is 0 Å². The van der Waals surface area contributed by atoms with Crippen molar-refractivity contribution in [3.8, 4) is 5.75 Å². The number of hydrogen-bond acceptors (Lipinski definition) is 2. The Labute approximate surface area is 170 Å². The summed E-state index contributed by atoms with van der Waals surface area (Å²) in [5.41, 5.74) is 4.84. The van der Waals surface area contributed by atoms with Gasteiger partial charge in [0.05, 0.1) is 7.11 Å². The average Bonchev–Trinajstić information content (AvgIpc) is 3.19. The lowest BCUT2D eigenvalue weighted by Crippen LogP contribution is -2.16. The van der Waals surface area contributed by atoms with Gasteiger partial charge < -0.3 is 15.0 Å². The van der Waals surface area contributed by atoms with Gasteiger partial charge in [-0.1, -0.05) is 54.6 Å². The lowest BCUT2D eigenvalue weighted by molar-refractivity contribution is 0.401. The average molecular weight is 388 g/mol. The predicted molar refractivity (Wildman–Crippen MR) is 116 cm³/mol. The SMILES string of the molecule is COc1ccc2[nH]cc(CCNCc3cccc(C(F)c4ccccc4)c3)c2c1. The molecule has 0 saturated heterocycles. The van der Waals surface area contributed by atoms with Crippen molar-refractivity contribution in [3.05, 3.63) is 101 Å². The van der Waals surface area contributed by atoms with E-state index in [-0.39, 0.29) is 0 Å². The quantitative estimate of drug-likeness (QED) is 0.387. The van der Waals surface area contributed by atoms with Crippen LogP contribution in [-0.2, 0) is 13.0 Å². The van der Waals surface area contributed by atoms with Gasteiger partial charge in [-0.2, -0.15) is 0 Å². The van der Waals surface area contributed by atoms with E-state index in [1.165, 1.54) is 10.9 Å². The summed E-state index contributed by atoms with van der Waals surface area (Å²) in [6.45, 7) is 1.55. The van der Waals surface area contributed by atoms with Gasteiger partial charge in [-0.25, -0.2) is 4.39 Å². The summed E-state index contributed by atoms with van der Waals surface area (Å²) in [5.74, 6) is 0.863. The Morgan fingerprint density at radius 3 is 2.62 bits per heavy atom. The maximum atomic E-state index is 14.8. The zero-order valence-corrected chi connectivity index (χ0v) is 16.5. The third-order valence-electron chi connectivity index (χ3n) is 5.21. The van der Waals surface area contributed by atoms with Gasteiger partial charge in [-0.05, 0) is 53.4 Å². The molecule has 148 valence electrons. The van der Waals surface area contributed by atoms with E-state index >= 15 is 0 Å². The fourth-order valence-electron chi connectivity index (χ4n) is 3.62. The molecule has 3 nitrogen and oxygen atoms in total. The van der Waals surface area contributed by atoms with Gasteiger partial charge >= 0.3 is 0 Å². The summed E-state index contributed by atoms with van der Waals surface area (Å²) in [5, 5.41) is 4.66. The molecule has 0 amide bonds. The number of aromatic amines is 1. The summed E-state index contributed by atoms with van der Waals surface area (Å²) in [6.07, 6.45) is 1.86. The molecular formula is C25H25FN2O. The first-order valence-electron chi connectivity index (χ1n) is 9.87. The van der Waals surface area contributed by atoms with Crippen LogP contribution >= 0.6 is 0 Å². The number of aromatic nitrogens is 1. The van der Waals surface area contributed by atoms with Crippen molar-refractivity contribution in [2.45, 2.75) is 19.1 Å². The third kappa shape index (κ3) is 4.49. The second-order valence-corrected chi connectivity index (χ2v) is 7.17. The standard InChI is InChI=1S/C25H25FN2O/c1-29-22-10-11-24-23(15-22)21(17-28-24)12-13-27-16-18-6-5-9-20(14-18)25(26)19-7-3-2-4-8-19/h2-11,14-15,17,25,27-28H,12-13,16H2,1H3. The monoisotopic (exact) mass is 388 g/mol. The molecule has 29 heavy (non-hydrogen) atoms. The van der Waals surface area contributed by atoms with Crippen molar-refractivity contribution in [1.29, 1.82) is 0 Å². The predicted octanol–water partition coefficient (Wildman–Crippen LogP) is 5.57. The van der Waals surface area contributed by atoms with Crippen molar-refractivity contribution in [2.24, 2.45) is 0 Å². The number of H-pyrrole nitrogens is 1. The highest BCUT2D eigenvalue weighted by molar-refractivity contribution is 5.84. The number of nitrogens with one attached hydrogen (secondary N) is 2. The molecule has 0 bridgehead atoms. The van der Waals surface area contributed by atoms with Crippen molar-refractivity contribution in [2.75, 3.05) is 13.7 Å². The Morgan fingerprint density at radius 1 is 0.966 bits per heavy atom. The van der Waals surface area contributed by atoms with E-state index in [4.69, 9.17) is 4.74 Å². The molecule has 0 aliphatic rings. The van der Waals surface area contributed by atoms with Crippen LogP contribution in [0.3, 0.4) is 0 Å². The Morgan fingerprint density at radius 2 is 1.79 bits per heavy atom. The Hall–Kier alpha value is -3.11. The topological polar surface area (TPSA) is 37.0 Å². The van der Waals surface area contributed by atoms with Crippen LogP contribution in [0.1, 0.15) is 28.4 Å². The minimum absolute atomic E-state index is 0.687. The highest BCUT2D eigenvalue weighted by Crippen LogP contribution is 2.26. The number of rotatable bonds is 8. The van der Waals surface area contributed by atoms with Crippen LogP contribution in [0.15, 0.2) is 79.0 Å². The zero-order valence-electron chi connectivity index (χ0n) is 16.5.